The molecule has 27 heavy (non-hydrogen) atoms. The third kappa shape index (κ3) is 5.42. The second-order valence-corrected chi connectivity index (χ2v) is 7.79. The van der Waals surface area contributed by atoms with Crippen molar-refractivity contribution in [3.8, 4) is 5.75 Å². The van der Waals surface area contributed by atoms with Crippen LogP contribution in [0.2, 0.25) is 0 Å². The number of carbonyl (C=O) groups excluding carboxylic acids is 1. The van der Waals surface area contributed by atoms with Gasteiger partial charge >= 0.3 is 5.97 Å². The molecule has 0 saturated carbocycles. The highest BCUT2D eigenvalue weighted by Gasteiger charge is 2.21. The standard InChI is InChI=1S/C20H23NO5S/c1-4-14-26-18-10-6-16(7-11-18)15-21(3)27(23,24)19-12-8-17(9-13-19)20(22)25-5-2/h4,6-13H,1,5,14-15H2,2-3H3. The van der Waals surface area contributed by atoms with Gasteiger partial charge in [0.1, 0.15) is 12.4 Å². The van der Waals surface area contributed by atoms with Crippen LogP contribution in [0, 0.1) is 0 Å². The quantitative estimate of drug-likeness (QED) is 0.486. The lowest BCUT2D eigenvalue weighted by atomic mass is 10.2. The zero-order valence-corrected chi connectivity index (χ0v) is 16.2. The van der Waals surface area contributed by atoms with Crippen molar-refractivity contribution in [2.24, 2.45) is 0 Å². The Kier molecular flexibility index (Phi) is 7.15. The molecule has 0 fully saturated rings. The van der Waals surface area contributed by atoms with E-state index in [2.05, 4.69) is 6.58 Å². The van der Waals surface area contributed by atoms with E-state index >= 15 is 0 Å². The van der Waals surface area contributed by atoms with Crippen LogP contribution in [0.25, 0.3) is 0 Å². The minimum Gasteiger partial charge on any atom is -0.490 e. The van der Waals surface area contributed by atoms with E-state index in [1.807, 2.05) is 12.1 Å². The molecule has 6 nitrogen and oxygen atoms in total. The minimum absolute atomic E-state index is 0.115. The third-order valence-corrected chi connectivity index (χ3v) is 5.59. The van der Waals surface area contributed by atoms with E-state index in [0.717, 1.165) is 5.56 Å². The highest BCUT2D eigenvalue weighted by atomic mass is 32.2. The van der Waals surface area contributed by atoms with E-state index in [9.17, 15) is 13.2 Å². The maximum atomic E-state index is 12.7. The zero-order valence-electron chi connectivity index (χ0n) is 15.4. The molecule has 2 rings (SSSR count). The summed E-state index contributed by atoms with van der Waals surface area (Å²) in [6, 6.07) is 12.9. The number of nitrogens with zero attached hydrogens (tertiary/aromatic N) is 1. The lowest BCUT2D eigenvalue weighted by Crippen LogP contribution is -2.26. The number of carbonyl (C=O) groups is 1. The highest BCUT2D eigenvalue weighted by Crippen LogP contribution is 2.19. The van der Waals surface area contributed by atoms with Gasteiger partial charge in [-0.15, -0.1) is 0 Å². The summed E-state index contributed by atoms with van der Waals surface area (Å²) in [4.78, 5) is 11.8. The van der Waals surface area contributed by atoms with Crippen LogP contribution in [0.4, 0.5) is 0 Å². The molecule has 0 bridgehead atoms. The molecule has 0 heterocycles. The van der Waals surface area contributed by atoms with Gasteiger partial charge in [-0.25, -0.2) is 13.2 Å². The Bertz CT molecular complexity index is 874. The first-order valence-electron chi connectivity index (χ1n) is 8.44. The molecule has 0 amide bonds. The van der Waals surface area contributed by atoms with Crippen LogP contribution < -0.4 is 4.74 Å². The molecule has 0 radical (unpaired) electrons. The first-order chi connectivity index (χ1) is 12.9. The third-order valence-electron chi connectivity index (χ3n) is 3.77. The molecule has 0 aromatic heterocycles. The summed E-state index contributed by atoms with van der Waals surface area (Å²) in [7, 11) is -2.17. The molecule has 2 aromatic rings. The average Bonchev–Trinajstić information content (AvgIpc) is 2.67. The molecule has 144 valence electrons. The fourth-order valence-electron chi connectivity index (χ4n) is 2.35. The molecular formula is C20H23NO5S. The summed E-state index contributed by atoms with van der Waals surface area (Å²) in [5.41, 5.74) is 1.14. The van der Waals surface area contributed by atoms with Crippen molar-refractivity contribution in [1.29, 1.82) is 0 Å². The summed E-state index contributed by atoms with van der Waals surface area (Å²) in [5, 5.41) is 0. The predicted molar refractivity (Wildman–Crippen MR) is 103 cm³/mol. The van der Waals surface area contributed by atoms with Gasteiger partial charge in [0, 0.05) is 13.6 Å². The predicted octanol–water partition coefficient (Wildman–Crippen LogP) is 3.25. The first-order valence-corrected chi connectivity index (χ1v) is 9.88. The number of hydrogen-bond donors (Lipinski definition) is 0. The van der Waals surface area contributed by atoms with Gasteiger partial charge in [0.2, 0.25) is 10.0 Å². The number of ether oxygens (including phenoxy) is 2. The molecule has 7 heteroatoms. The minimum atomic E-state index is -3.68. The van der Waals surface area contributed by atoms with Gasteiger partial charge < -0.3 is 9.47 Å². The Labute approximate surface area is 160 Å². The van der Waals surface area contributed by atoms with Crippen LogP contribution in [-0.2, 0) is 21.3 Å². The SMILES string of the molecule is C=CCOc1ccc(CN(C)S(=O)(=O)c2ccc(C(=O)OCC)cc2)cc1. The number of sulfonamides is 1. The Morgan fingerprint density at radius 2 is 1.74 bits per heavy atom. The molecule has 0 atom stereocenters. The summed E-state index contributed by atoms with van der Waals surface area (Å²) in [5.74, 6) is 0.215. The fourth-order valence-corrected chi connectivity index (χ4v) is 3.50. The number of rotatable bonds is 9. The van der Waals surface area contributed by atoms with Crippen LogP contribution in [0.15, 0.2) is 66.1 Å². The van der Waals surface area contributed by atoms with Gasteiger partial charge in [0.25, 0.3) is 0 Å². The van der Waals surface area contributed by atoms with Crippen molar-refractivity contribution < 1.29 is 22.7 Å². The van der Waals surface area contributed by atoms with E-state index < -0.39 is 16.0 Å². The first kappa shape index (κ1) is 20.7. The van der Waals surface area contributed by atoms with E-state index in [-0.39, 0.29) is 18.0 Å². The van der Waals surface area contributed by atoms with Crippen LogP contribution in [0.1, 0.15) is 22.8 Å². The van der Waals surface area contributed by atoms with Gasteiger partial charge in [0.05, 0.1) is 17.1 Å². The highest BCUT2D eigenvalue weighted by molar-refractivity contribution is 7.89. The van der Waals surface area contributed by atoms with Crippen molar-refractivity contribution in [3.05, 3.63) is 72.3 Å². The normalized spacial score (nSPS) is 11.2. The van der Waals surface area contributed by atoms with Crippen molar-refractivity contribution in [2.45, 2.75) is 18.4 Å². The molecule has 0 saturated heterocycles. The van der Waals surface area contributed by atoms with Gasteiger partial charge in [-0.05, 0) is 48.9 Å². The molecule has 0 spiro atoms. The maximum absolute atomic E-state index is 12.7. The largest absolute Gasteiger partial charge is 0.490 e. The smallest absolute Gasteiger partial charge is 0.338 e. The number of benzene rings is 2. The van der Waals surface area contributed by atoms with Crippen LogP contribution >= 0.6 is 0 Å². The van der Waals surface area contributed by atoms with E-state index in [1.54, 1.807) is 25.1 Å². The molecular weight excluding hydrogens is 366 g/mol. The fraction of sp³-hybridized carbons (Fsp3) is 0.250. The topological polar surface area (TPSA) is 72.9 Å². The summed E-state index contributed by atoms with van der Waals surface area (Å²) in [6.07, 6.45) is 1.65. The van der Waals surface area contributed by atoms with Gasteiger partial charge in [-0.2, -0.15) is 4.31 Å². The van der Waals surface area contributed by atoms with Crippen molar-refractivity contribution in [1.82, 2.24) is 4.31 Å². The van der Waals surface area contributed by atoms with Gasteiger partial charge in [-0.3, -0.25) is 0 Å². The lowest BCUT2D eigenvalue weighted by molar-refractivity contribution is 0.0526. The van der Waals surface area contributed by atoms with E-state index in [4.69, 9.17) is 9.47 Å². The Hall–Kier alpha value is -2.64. The maximum Gasteiger partial charge on any atom is 0.338 e. The van der Waals surface area contributed by atoms with Crippen molar-refractivity contribution in [2.75, 3.05) is 20.3 Å². The zero-order chi connectivity index (χ0) is 19.9. The second kappa shape index (κ2) is 9.34. The molecule has 0 N–H and O–H groups in total. The molecule has 0 aliphatic rings. The van der Waals surface area contributed by atoms with Crippen LogP contribution in [0.3, 0.4) is 0 Å². The Morgan fingerprint density at radius 3 is 2.30 bits per heavy atom. The lowest BCUT2D eigenvalue weighted by Gasteiger charge is -2.17. The summed E-state index contributed by atoms with van der Waals surface area (Å²) < 4.78 is 37.0. The van der Waals surface area contributed by atoms with Crippen molar-refractivity contribution in [3.63, 3.8) is 0 Å². The Balaban J connectivity index is 2.09. The molecule has 0 aliphatic carbocycles. The van der Waals surface area contributed by atoms with E-state index in [1.165, 1.54) is 35.6 Å². The van der Waals surface area contributed by atoms with Gasteiger partial charge in [0.15, 0.2) is 0 Å². The molecule has 2 aromatic carbocycles. The molecule has 0 unspecified atom stereocenters. The van der Waals surface area contributed by atoms with Crippen molar-refractivity contribution >= 4 is 16.0 Å². The van der Waals surface area contributed by atoms with Crippen LogP contribution in [-0.4, -0.2) is 39.0 Å². The average molecular weight is 389 g/mol. The number of hydrogen-bond acceptors (Lipinski definition) is 5. The molecule has 0 aliphatic heterocycles. The van der Waals surface area contributed by atoms with E-state index in [0.29, 0.717) is 17.9 Å². The second-order valence-electron chi connectivity index (χ2n) is 5.75. The number of esters is 1. The Morgan fingerprint density at radius 1 is 1.11 bits per heavy atom. The summed E-state index contributed by atoms with van der Waals surface area (Å²) in [6.45, 7) is 6.19. The van der Waals surface area contributed by atoms with Gasteiger partial charge in [-0.1, -0.05) is 24.8 Å². The van der Waals surface area contributed by atoms with Crippen LogP contribution in [0.5, 0.6) is 5.75 Å². The summed E-state index contributed by atoms with van der Waals surface area (Å²) >= 11 is 0. The monoisotopic (exact) mass is 389 g/mol.